The van der Waals surface area contributed by atoms with E-state index in [1.807, 2.05) is 18.2 Å². The van der Waals surface area contributed by atoms with Crippen molar-refractivity contribution < 1.29 is 13.9 Å². The predicted octanol–water partition coefficient (Wildman–Crippen LogP) is 6.05. The van der Waals surface area contributed by atoms with E-state index in [4.69, 9.17) is 26.9 Å². The zero-order valence-electron chi connectivity index (χ0n) is 19.8. The van der Waals surface area contributed by atoms with Gasteiger partial charge in [-0.3, -0.25) is 0 Å². The number of nitriles is 2. The van der Waals surface area contributed by atoms with Gasteiger partial charge in [0.1, 0.15) is 40.1 Å². The van der Waals surface area contributed by atoms with Crippen LogP contribution in [0.1, 0.15) is 34.6 Å². The Labute approximate surface area is 222 Å². The topological polar surface area (TPSA) is 133 Å². The average Bonchev–Trinajstić information content (AvgIpc) is 3.26. The molecular formula is C27H21ClFN5O2S. The highest BCUT2D eigenvalue weighted by Gasteiger charge is 2.22. The van der Waals surface area contributed by atoms with Crippen LogP contribution in [0.3, 0.4) is 0 Å². The molecule has 0 aliphatic rings. The third-order valence-electron chi connectivity index (χ3n) is 5.69. The zero-order valence-corrected chi connectivity index (χ0v) is 21.3. The number of aliphatic hydroxyl groups is 1. The van der Waals surface area contributed by atoms with E-state index in [9.17, 15) is 14.9 Å². The molecule has 0 radical (unpaired) electrons. The van der Waals surface area contributed by atoms with E-state index in [0.717, 1.165) is 5.56 Å². The number of aliphatic hydroxyl groups excluding tert-OH is 1. The molecule has 7 nitrogen and oxygen atoms in total. The van der Waals surface area contributed by atoms with E-state index >= 15 is 0 Å². The van der Waals surface area contributed by atoms with E-state index in [1.54, 1.807) is 31.2 Å². The lowest BCUT2D eigenvalue weighted by Crippen LogP contribution is -2.04. The lowest BCUT2D eigenvalue weighted by molar-refractivity contribution is 0.288. The van der Waals surface area contributed by atoms with Gasteiger partial charge in [-0.1, -0.05) is 35.5 Å². The monoisotopic (exact) mass is 533 g/mol. The van der Waals surface area contributed by atoms with Crippen LogP contribution in [0.15, 0.2) is 51.9 Å². The highest BCUT2D eigenvalue weighted by Crippen LogP contribution is 2.37. The Bertz CT molecular complexity index is 1540. The van der Waals surface area contributed by atoms with Crippen LogP contribution in [0.2, 0.25) is 5.02 Å². The van der Waals surface area contributed by atoms with Gasteiger partial charge in [0.05, 0.1) is 11.3 Å². The normalized spacial score (nSPS) is 10.8. The molecular weight excluding hydrogens is 513 g/mol. The molecule has 0 aliphatic carbocycles. The SMILES string of the molecule is Cc1oc(-c2ccc(Cl)cc2)nc1CSc1nc(N)c(C#N)c(-c2ccc(CCCO)c(F)c2)c1C#N. The minimum absolute atomic E-state index is 0.00560. The number of anilines is 1. The minimum atomic E-state index is -0.490. The van der Waals surface area contributed by atoms with Gasteiger partial charge in [-0.15, -0.1) is 0 Å². The molecule has 2 aromatic heterocycles. The number of nitrogen functional groups attached to an aromatic ring is 1. The van der Waals surface area contributed by atoms with Crippen molar-refractivity contribution in [3.05, 3.63) is 81.4 Å². The fourth-order valence-electron chi connectivity index (χ4n) is 3.78. The van der Waals surface area contributed by atoms with Gasteiger partial charge in [0.2, 0.25) is 5.89 Å². The third kappa shape index (κ3) is 5.60. The first kappa shape index (κ1) is 26.2. The summed E-state index contributed by atoms with van der Waals surface area (Å²) in [5, 5.41) is 29.7. The molecule has 0 bridgehead atoms. The van der Waals surface area contributed by atoms with Crippen LogP contribution in [0, 0.1) is 35.4 Å². The van der Waals surface area contributed by atoms with Gasteiger partial charge in [0.15, 0.2) is 0 Å². The molecule has 0 spiro atoms. The van der Waals surface area contributed by atoms with Crippen molar-refractivity contribution in [3.8, 4) is 34.7 Å². The Morgan fingerprint density at radius 1 is 1.08 bits per heavy atom. The first-order valence-corrected chi connectivity index (χ1v) is 12.6. The number of pyridine rings is 1. The Morgan fingerprint density at radius 2 is 1.78 bits per heavy atom. The van der Waals surface area contributed by atoms with Crippen molar-refractivity contribution in [1.29, 1.82) is 10.5 Å². The summed E-state index contributed by atoms with van der Waals surface area (Å²) in [6, 6.07) is 15.7. The van der Waals surface area contributed by atoms with E-state index in [-0.39, 0.29) is 29.1 Å². The molecule has 186 valence electrons. The van der Waals surface area contributed by atoms with Crippen LogP contribution in [-0.4, -0.2) is 21.7 Å². The second-order valence-electron chi connectivity index (χ2n) is 8.10. The molecule has 10 heteroatoms. The highest BCUT2D eigenvalue weighted by atomic mass is 35.5. The quantitative estimate of drug-likeness (QED) is 0.261. The van der Waals surface area contributed by atoms with E-state index in [1.165, 1.54) is 17.8 Å². The van der Waals surface area contributed by atoms with Gasteiger partial charge in [0.25, 0.3) is 0 Å². The number of hydrogen-bond donors (Lipinski definition) is 2. The van der Waals surface area contributed by atoms with E-state index < -0.39 is 5.82 Å². The lowest BCUT2D eigenvalue weighted by atomic mass is 9.95. The number of aryl methyl sites for hydroxylation is 2. The average molecular weight is 534 g/mol. The summed E-state index contributed by atoms with van der Waals surface area (Å²) < 4.78 is 20.6. The van der Waals surface area contributed by atoms with Gasteiger partial charge in [-0.2, -0.15) is 10.5 Å². The standard InChI is InChI=1S/C27H21ClFN5O2S/c1-15-23(33-26(36-15)17-6-8-19(28)9-7-17)14-37-27-21(13-31)24(20(12-30)25(32)34-27)18-5-4-16(3-2-10-35)22(29)11-18/h4-9,11,35H,2-3,10,14H2,1H3,(H2,32,34). The number of nitrogens with two attached hydrogens (primary N) is 1. The smallest absolute Gasteiger partial charge is 0.226 e. The Balaban J connectivity index is 1.69. The second kappa shape index (κ2) is 11.4. The number of halogens is 2. The van der Waals surface area contributed by atoms with Crippen LogP contribution >= 0.6 is 23.4 Å². The van der Waals surface area contributed by atoms with Crippen LogP contribution in [0.5, 0.6) is 0 Å². The molecule has 0 atom stereocenters. The zero-order chi connectivity index (χ0) is 26.5. The number of hydrogen-bond acceptors (Lipinski definition) is 8. The van der Waals surface area contributed by atoms with Gasteiger partial charge in [-0.25, -0.2) is 14.4 Å². The molecule has 0 amide bonds. The summed E-state index contributed by atoms with van der Waals surface area (Å²) in [6.07, 6.45) is 0.792. The number of thioether (sulfide) groups is 1. The molecule has 0 fully saturated rings. The van der Waals surface area contributed by atoms with Crippen LogP contribution in [-0.2, 0) is 12.2 Å². The highest BCUT2D eigenvalue weighted by molar-refractivity contribution is 7.98. The Kier molecular flexibility index (Phi) is 8.10. The van der Waals surface area contributed by atoms with Crippen molar-refractivity contribution in [2.75, 3.05) is 12.3 Å². The maximum atomic E-state index is 14.8. The molecule has 3 N–H and O–H groups in total. The molecule has 0 unspecified atom stereocenters. The lowest BCUT2D eigenvalue weighted by Gasteiger charge is -2.13. The number of oxazole rings is 1. The number of nitrogens with zero attached hydrogens (tertiary/aromatic N) is 4. The van der Waals surface area contributed by atoms with Crippen molar-refractivity contribution in [3.63, 3.8) is 0 Å². The summed E-state index contributed by atoms with van der Waals surface area (Å²) in [5.74, 6) is 0.830. The Morgan fingerprint density at radius 3 is 2.43 bits per heavy atom. The van der Waals surface area contributed by atoms with Crippen LogP contribution in [0.25, 0.3) is 22.6 Å². The first-order chi connectivity index (χ1) is 17.9. The fraction of sp³-hybridized carbons (Fsp3) is 0.185. The Hall–Kier alpha value is -3.89. The molecule has 2 aromatic carbocycles. The maximum absolute atomic E-state index is 14.8. The van der Waals surface area contributed by atoms with Gasteiger partial charge in [-0.05, 0) is 61.2 Å². The molecule has 0 saturated carbocycles. The second-order valence-corrected chi connectivity index (χ2v) is 9.50. The first-order valence-electron chi connectivity index (χ1n) is 11.2. The van der Waals surface area contributed by atoms with Crippen molar-refractivity contribution in [1.82, 2.24) is 9.97 Å². The summed E-state index contributed by atoms with van der Waals surface area (Å²) in [7, 11) is 0. The van der Waals surface area contributed by atoms with Crippen molar-refractivity contribution in [2.45, 2.75) is 30.5 Å². The van der Waals surface area contributed by atoms with Crippen LogP contribution < -0.4 is 5.73 Å². The van der Waals surface area contributed by atoms with E-state index in [0.29, 0.717) is 57.1 Å². The van der Waals surface area contributed by atoms with Gasteiger partial charge >= 0.3 is 0 Å². The van der Waals surface area contributed by atoms with Crippen molar-refractivity contribution in [2.24, 2.45) is 0 Å². The fourth-order valence-corrected chi connectivity index (χ4v) is 4.90. The summed E-state index contributed by atoms with van der Waals surface area (Å²) in [4.78, 5) is 8.87. The number of benzene rings is 2. The molecule has 4 aromatic rings. The number of rotatable bonds is 8. The minimum Gasteiger partial charge on any atom is -0.441 e. The molecule has 0 saturated heterocycles. The van der Waals surface area contributed by atoms with E-state index in [2.05, 4.69) is 16.0 Å². The maximum Gasteiger partial charge on any atom is 0.226 e. The molecule has 4 rings (SSSR count). The third-order valence-corrected chi connectivity index (χ3v) is 6.93. The van der Waals surface area contributed by atoms with Crippen LogP contribution in [0.4, 0.5) is 10.2 Å². The summed E-state index contributed by atoms with van der Waals surface area (Å²) in [5.41, 5.74) is 8.66. The van der Waals surface area contributed by atoms with Crippen molar-refractivity contribution >= 4 is 29.2 Å². The largest absolute Gasteiger partial charge is 0.441 e. The summed E-state index contributed by atoms with van der Waals surface area (Å²) in [6.45, 7) is 1.74. The molecule has 37 heavy (non-hydrogen) atoms. The predicted molar refractivity (Wildman–Crippen MR) is 140 cm³/mol. The summed E-state index contributed by atoms with van der Waals surface area (Å²) >= 11 is 7.18. The van der Waals surface area contributed by atoms with Gasteiger partial charge in [0, 0.05) is 28.5 Å². The number of aromatic nitrogens is 2. The molecule has 0 aliphatic heterocycles. The van der Waals surface area contributed by atoms with Gasteiger partial charge < -0.3 is 15.3 Å². The molecule has 2 heterocycles.